The number of carbonyl (C=O) groups excluding carboxylic acids is 7. The van der Waals surface area contributed by atoms with Gasteiger partial charge in [-0.25, -0.2) is 9.59 Å². The summed E-state index contributed by atoms with van der Waals surface area (Å²) in [5.74, 6) is -10.9. The predicted octanol–water partition coefficient (Wildman–Crippen LogP) is -0.654. The Hall–Kier alpha value is -7.10. The Kier molecular flexibility index (Phi) is 22.9. The van der Waals surface area contributed by atoms with E-state index < -0.39 is 120 Å². The van der Waals surface area contributed by atoms with Crippen LogP contribution in [-0.2, 0) is 54.3 Å². The van der Waals surface area contributed by atoms with E-state index in [2.05, 4.69) is 43.5 Å². The first-order valence-corrected chi connectivity index (χ1v) is 21.7. The van der Waals surface area contributed by atoms with Crippen LogP contribution in [0.5, 0.6) is 0 Å². The Morgan fingerprint density at radius 3 is 2.07 bits per heavy atom. The number of carboxylic acid groups (broad SMARTS) is 2. The molecule has 1 aliphatic rings. The SMILES string of the molecule is C=C1C(=O)NC(C)C(=O)NC(CCCN=C(N)N)C(=O)NC(C(=O)O)CC(=O)NC(C)C(=O)NC(/C=C/C(C)=C/C(C)C(Cc2ccccc2)OC)C(C)C(=O)NC(C(=O)O)CCC(=O)N1C. The largest absolute Gasteiger partial charge is 0.480 e. The lowest BCUT2D eigenvalue weighted by atomic mass is 9.94. The molecule has 22 nitrogen and oxygen atoms in total. The molecule has 0 radical (unpaired) electrons. The Balaban J connectivity index is 2.54. The number of likely N-dealkylation sites (N-methyl/N-ethyl adjacent to an activating group) is 1. The number of hydrogen-bond donors (Lipinski definition) is 10. The summed E-state index contributed by atoms with van der Waals surface area (Å²) in [4.78, 5) is 123. The fourth-order valence-corrected chi connectivity index (χ4v) is 6.69. The van der Waals surface area contributed by atoms with Gasteiger partial charge in [-0.05, 0) is 52.0 Å². The van der Waals surface area contributed by atoms with Gasteiger partial charge in [0.1, 0.15) is 35.9 Å². The summed E-state index contributed by atoms with van der Waals surface area (Å²) in [6.07, 6.45) is 3.77. The molecule has 1 saturated heterocycles. The Morgan fingerprint density at radius 2 is 1.48 bits per heavy atom. The van der Waals surface area contributed by atoms with Crippen LogP contribution in [0.25, 0.3) is 0 Å². The summed E-state index contributed by atoms with van der Waals surface area (Å²) in [6.45, 7) is 11.4. The number of nitrogens with one attached hydrogen (secondary N) is 6. The van der Waals surface area contributed by atoms with Crippen molar-refractivity contribution < 1.29 is 58.1 Å². The zero-order valence-corrected chi connectivity index (χ0v) is 39.0. The Morgan fingerprint density at radius 1 is 0.881 bits per heavy atom. The highest BCUT2D eigenvalue weighted by molar-refractivity contribution is 6.00. The first kappa shape index (κ1) is 56.0. The lowest BCUT2D eigenvalue weighted by Gasteiger charge is -2.26. The summed E-state index contributed by atoms with van der Waals surface area (Å²) in [5.41, 5.74) is 12.1. The highest BCUT2D eigenvalue weighted by atomic mass is 16.5. The molecule has 0 spiro atoms. The molecule has 0 saturated carbocycles. The molecule has 12 N–H and O–H groups in total. The second-order valence-electron chi connectivity index (χ2n) is 16.4. The van der Waals surface area contributed by atoms with Gasteiger partial charge in [0.15, 0.2) is 5.96 Å². The van der Waals surface area contributed by atoms with Crippen LogP contribution in [0.4, 0.5) is 0 Å². The molecule has 9 unspecified atom stereocenters. The van der Waals surface area contributed by atoms with Crippen molar-refractivity contribution >= 4 is 59.2 Å². The van der Waals surface area contributed by atoms with Gasteiger partial charge in [0.2, 0.25) is 35.4 Å². The lowest BCUT2D eigenvalue weighted by Crippen LogP contribution is -2.56. The van der Waals surface area contributed by atoms with Gasteiger partial charge in [0.25, 0.3) is 5.91 Å². The van der Waals surface area contributed by atoms with Gasteiger partial charge in [0, 0.05) is 33.0 Å². The van der Waals surface area contributed by atoms with Crippen LogP contribution in [-0.4, -0.2) is 137 Å². The number of aliphatic carboxylic acids is 2. The summed E-state index contributed by atoms with van der Waals surface area (Å²) < 4.78 is 5.77. The van der Waals surface area contributed by atoms with Crippen molar-refractivity contribution in [2.75, 3.05) is 20.7 Å². The third-order valence-electron chi connectivity index (χ3n) is 10.9. The molecular weight excluding hydrogens is 873 g/mol. The molecule has 1 aromatic rings. The topological polar surface area (TPSA) is 343 Å². The van der Waals surface area contributed by atoms with E-state index in [0.29, 0.717) is 6.42 Å². The second kappa shape index (κ2) is 27.4. The summed E-state index contributed by atoms with van der Waals surface area (Å²) >= 11 is 0. The molecule has 0 aliphatic carbocycles. The van der Waals surface area contributed by atoms with Crippen LogP contribution in [0.3, 0.4) is 0 Å². The number of carbonyl (C=O) groups is 9. The minimum Gasteiger partial charge on any atom is -0.480 e. The molecule has 1 heterocycles. The molecule has 9 atom stereocenters. The van der Waals surface area contributed by atoms with Crippen molar-refractivity contribution in [2.45, 2.75) is 115 Å². The molecular formula is C45H66N10O12. The van der Waals surface area contributed by atoms with Crippen LogP contribution < -0.4 is 43.4 Å². The van der Waals surface area contributed by atoms with Crippen molar-refractivity contribution in [1.29, 1.82) is 0 Å². The van der Waals surface area contributed by atoms with Crippen molar-refractivity contribution in [3.05, 3.63) is 72.0 Å². The average Bonchev–Trinajstić information content (AvgIpc) is 3.27. The second-order valence-corrected chi connectivity index (χ2v) is 16.4. The number of amides is 7. The smallest absolute Gasteiger partial charge is 0.326 e. The maximum atomic E-state index is 13.7. The van der Waals surface area contributed by atoms with Crippen molar-refractivity contribution in [2.24, 2.45) is 28.3 Å². The number of hydrogen-bond acceptors (Lipinski definition) is 11. The van der Waals surface area contributed by atoms with Crippen LogP contribution in [0.15, 0.2) is 71.4 Å². The van der Waals surface area contributed by atoms with Gasteiger partial charge in [-0.15, -0.1) is 0 Å². The molecule has 1 aromatic carbocycles. The van der Waals surface area contributed by atoms with E-state index in [-0.39, 0.29) is 37.4 Å². The normalized spacial score (nSPS) is 24.9. The van der Waals surface area contributed by atoms with Crippen LogP contribution in [0, 0.1) is 11.8 Å². The summed E-state index contributed by atoms with van der Waals surface area (Å²) in [6, 6.07) is 1.06. The number of rotatable bonds is 13. The first-order valence-electron chi connectivity index (χ1n) is 21.7. The molecule has 7 amide bonds. The zero-order chi connectivity index (χ0) is 50.5. The van der Waals surface area contributed by atoms with E-state index in [4.69, 9.17) is 16.2 Å². The van der Waals surface area contributed by atoms with Gasteiger partial charge in [-0.2, -0.15) is 0 Å². The van der Waals surface area contributed by atoms with Crippen LogP contribution >= 0.6 is 0 Å². The lowest BCUT2D eigenvalue weighted by molar-refractivity contribution is -0.144. The third kappa shape index (κ3) is 19.1. The Labute approximate surface area is 389 Å². The number of aliphatic imine (C=N–C) groups is 1. The van der Waals surface area contributed by atoms with Gasteiger partial charge in [-0.3, -0.25) is 38.6 Å². The van der Waals surface area contributed by atoms with Crippen molar-refractivity contribution in [3.63, 3.8) is 0 Å². The van der Waals surface area contributed by atoms with Gasteiger partial charge >= 0.3 is 11.9 Å². The highest BCUT2D eigenvalue weighted by Gasteiger charge is 2.33. The van der Waals surface area contributed by atoms with Crippen molar-refractivity contribution in [1.82, 2.24) is 36.8 Å². The number of nitrogens with zero attached hydrogens (tertiary/aromatic N) is 2. The summed E-state index contributed by atoms with van der Waals surface area (Å²) in [5, 5.41) is 34.5. The number of ether oxygens (including phenoxy) is 1. The van der Waals surface area contributed by atoms with E-state index >= 15 is 0 Å². The molecule has 67 heavy (non-hydrogen) atoms. The molecule has 1 fully saturated rings. The van der Waals surface area contributed by atoms with E-state index in [1.807, 2.05) is 43.3 Å². The molecule has 368 valence electrons. The van der Waals surface area contributed by atoms with Crippen molar-refractivity contribution in [3.8, 4) is 0 Å². The standard InChI is InChI=1S/C45H66N10O12/c1-24(21-25(2)35(67-8)22-30-13-10-9-11-14-30)16-17-31-26(3)38(58)53-33(43(63)64)18-19-37(57)55(7)29(6)41(61)50-28(5)40(60)52-32(15-12-20-48-45(46)47)42(62)54-34(44(65)66)23-36(56)49-27(4)39(59)51-31/h9-11,13-14,16-17,21,25-28,31-35H,6,12,15,18-20,22-23H2,1-5,7-8H3,(H,49,56)(H,50,61)(H,51,59)(H,52,60)(H,53,58)(H,54,62)(H,63,64)(H,65,66)(H4,46,47,48)/b17-16+,24-21+. The van der Waals surface area contributed by atoms with E-state index in [0.717, 1.165) is 16.0 Å². The fourth-order valence-electron chi connectivity index (χ4n) is 6.69. The zero-order valence-electron chi connectivity index (χ0n) is 39.0. The monoisotopic (exact) mass is 938 g/mol. The number of guanidine groups is 1. The molecule has 0 aromatic heterocycles. The van der Waals surface area contributed by atoms with E-state index in [1.54, 1.807) is 20.1 Å². The molecule has 0 bridgehead atoms. The summed E-state index contributed by atoms with van der Waals surface area (Å²) in [7, 11) is 2.81. The molecule has 1 aliphatic heterocycles. The van der Waals surface area contributed by atoms with Gasteiger partial charge in [-0.1, -0.05) is 74.6 Å². The van der Waals surface area contributed by atoms with Crippen LogP contribution in [0.1, 0.15) is 72.3 Å². The number of benzene rings is 1. The number of methoxy groups -OCH3 is 1. The van der Waals surface area contributed by atoms with E-state index in [1.165, 1.54) is 33.9 Å². The van der Waals surface area contributed by atoms with Gasteiger partial charge in [0.05, 0.1) is 24.5 Å². The molecule has 22 heteroatoms. The highest BCUT2D eigenvalue weighted by Crippen LogP contribution is 2.18. The average molecular weight is 939 g/mol. The maximum Gasteiger partial charge on any atom is 0.326 e. The minimum absolute atomic E-state index is 0.0194. The first-order chi connectivity index (χ1) is 31.4. The van der Waals surface area contributed by atoms with Gasteiger partial charge < -0.3 is 63.2 Å². The predicted molar refractivity (Wildman–Crippen MR) is 246 cm³/mol. The van der Waals surface area contributed by atoms with E-state index in [9.17, 15) is 53.4 Å². The minimum atomic E-state index is -1.85. The fraction of sp³-hybridized carbons (Fsp3) is 0.511. The number of nitrogens with two attached hydrogens (primary N) is 2. The number of allylic oxidation sites excluding steroid dienone is 2. The van der Waals surface area contributed by atoms with Crippen LogP contribution in [0.2, 0.25) is 0 Å². The third-order valence-corrected chi connectivity index (χ3v) is 10.9. The Bertz CT molecular complexity index is 2060. The quantitative estimate of drug-likeness (QED) is 0.0386. The molecule has 2 rings (SSSR count). The number of carboxylic acids is 2. The maximum absolute atomic E-state index is 13.7.